The van der Waals surface area contributed by atoms with Crippen molar-refractivity contribution in [3.8, 4) is 0 Å². The Hall–Kier alpha value is -0.720. The number of esters is 1. The van der Waals surface area contributed by atoms with E-state index in [1.54, 1.807) is 6.92 Å². The van der Waals surface area contributed by atoms with E-state index in [2.05, 4.69) is 5.32 Å². The molecule has 2 rings (SSSR count). The number of piperidine rings is 1. The molecule has 25 heavy (non-hydrogen) atoms. The lowest BCUT2D eigenvalue weighted by atomic mass is 9.98. The van der Waals surface area contributed by atoms with Crippen LogP contribution in [0.4, 0.5) is 5.69 Å². The Morgan fingerprint density at radius 3 is 2.48 bits per heavy atom. The maximum absolute atomic E-state index is 12.3. The number of nitrogens with zero attached hydrogens (tertiary/aromatic N) is 1. The van der Waals surface area contributed by atoms with Crippen LogP contribution >= 0.6 is 46.4 Å². The van der Waals surface area contributed by atoms with Gasteiger partial charge in [0.25, 0.3) is 0 Å². The third kappa shape index (κ3) is 5.38. The summed E-state index contributed by atoms with van der Waals surface area (Å²) in [6.45, 7) is 3.43. The Labute approximate surface area is 166 Å². The molecule has 0 saturated carbocycles. The maximum atomic E-state index is 12.3. The molecule has 138 valence electrons. The molecule has 1 N–H and O–H groups in total. The molecule has 1 unspecified atom stereocenters. The number of hydrogen-bond donors (Lipinski definition) is 1. The molecule has 1 amide bonds. The Kier molecular flexibility index (Phi) is 7.65. The van der Waals surface area contributed by atoms with E-state index in [9.17, 15) is 9.59 Å². The van der Waals surface area contributed by atoms with Crippen molar-refractivity contribution in [2.45, 2.75) is 19.8 Å². The van der Waals surface area contributed by atoms with Crippen molar-refractivity contribution in [3.05, 3.63) is 26.2 Å². The van der Waals surface area contributed by atoms with E-state index in [0.717, 1.165) is 19.4 Å². The molecule has 1 heterocycles. The molecular weight excluding hydrogens is 410 g/mol. The van der Waals surface area contributed by atoms with Gasteiger partial charge < -0.3 is 10.1 Å². The number of carbonyl (C=O) groups is 2. The minimum absolute atomic E-state index is 0.104. The summed E-state index contributed by atoms with van der Waals surface area (Å²) in [7, 11) is 0. The standard InChI is InChI=1S/C16H18Cl4N2O3/c1-2-25-16(24)9-4-3-5-22(7-9)8-12(23)21-15-13(19)10(17)6-11(18)14(15)20/h6,9H,2-5,7-8H2,1H3,(H,21,23). The zero-order valence-electron chi connectivity index (χ0n) is 13.6. The van der Waals surface area contributed by atoms with Crippen LogP contribution in [0.3, 0.4) is 0 Å². The normalized spacial score (nSPS) is 18.0. The predicted octanol–water partition coefficient (Wildman–Crippen LogP) is 4.51. The molecule has 1 saturated heterocycles. The molecule has 9 heteroatoms. The van der Waals surface area contributed by atoms with Crippen LogP contribution in [0.5, 0.6) is 0 Å². The Balaban J connectivity index is 2.00. The number of anilines is 1. The van der Waals surface area contributed by atoms with Gasteiger partial charge in [0.15, 0.2) is 0 Å². The van der Waals surface area contributed by atoms with E-state index in [1.165, 1.54) is 6.07 Å². The number of nitrogens with one attached hydrogen (secondary N) is 1. The fourth-order valence-corrected chi connectivity index (χ4v) is 3.62. The van der Waals surface area contributed by atoms with Gasteiger partial charge in [-0.1, -0.05) is 46.4 Å². The second kappa shape index (κ2) is 9.28. The van der Waals surface area contributed by atoms with E-state index in [1.807, 2.05) is 4.90 Å². The number of carbonyl (C=O) groups excluding carboxylic acids is 2. The van der Waals surface area contributed by atoms with Crippen molar-refractivity contribution in [2.75, 3.05) is 31.6 Å². The first kappa shape index (κ1) is 20.6. The summed E-state index contributed by atoms with van der Waals surface area (Å²) in [5.74, 6) is -0.749. The van der Waals surface area contributed by atoms with Crippen LogP contribution in [0.2, 0.25) is 20.1 Å². The van der Waals surface area contributed by atoms with Crippen molar-refractivity contribution in [3.63, 3.8) is 0 Å². The molecule has 0 spiro atoms. The summed E-state index contributed by atoms with van der Waals surface area (Å²) in [4.78, 5) is 26.1. The lowest BCUT2D eigenvalue weighted by Gasteiger charge is -2.30. The number of amides is 1. The van der Waals surface area contributed by atoms with E-state index >= 15 is 0 Å². The van der Waals surface area contributed by atoms with Gasteiger partial charge in [-0.25, -0.2) is 0 Å². The van der Waals surface area contributed by atoms with Gasteiger partial charge in [0.1, 0.15) is 0 Å². The van der Waals surface area contributed by atoms with Crippen LogP contribution in [-0.4, -0.2) is 43.0 Å². The van der Waals surface area contributed by atoms with E-state index in [0.29, 0.717) is 13.2 Å². The Morgan fingerprint density at radius 1 is 1.24 bits per heavy atom. The lowest BCUT2D eigenvalue weighted by molar-refractivity contribution is -0.150. The van der Waals surface area contributed by atoms with Gasteiger partial charge in [-0.05, 0) is 32.4 Å². The van der Waals surface area contributed by atoms with Crippen LogP contribution in [0.1, 0.15) is 19.8 Å². The highest BCUT2D eigenvalue weighted by atomic mass is 35.5. The summed E-state index contributed by atoms with van der Waals surface area (Å²) in [6, 6.07) is 1.41. The van der Waals surface area contributed by atoms with Crippen molar-refractivity contribution in [1.82, 2.24) is 4.90 Å². The molecule has 0 aliphatic carbocycles. The smallest absolute Gasteiger partial charge is 0.310 e. The van der Waals surface area contributed by atoms with Crippen molar-refractivity contribution in [2.24, 2.45) is 5.92 Å². The van der Waals surface area contributed by atoms with Crippen molar-refractivity contribution < 1.29 is 14.3 Å². The largest absolute Gasteiger partial charge is 0.466 e. The fourth-order valence-electron chi connectivity index (χ4n) is 2.72. The maximum Gasteiger partial charge on any atom is 0.310 e. The Bertz CT molecular complexity index is 643. The quantitative estimate of drug-likeness (QED) is 0.554. The fraction of sp³-hybridized carbons (Fsp3) is 0.500. The van der Waals surface area contributed by atoms with Gasteiger partial charge in [0.2, 0.25) is 5.91 Å². The number of rotatable bonds is 5. The summed E-state index contributed by atoms with van der Waals surface area (Å²) >= 11 is 24.1. The summed E-state index contributed by atoms with van der Waals surface area (Å²) < 4.78 is 5.06. The van der Waals surface area contributed by atoms with Crippen molar-refractivity contribution >= 4 is 64.0 Å². The highest BCUT2D eigenvalue weighted by Gasteiger charge is 2.28. The van der Waals surface area contributed by atoms with Gasteiger partial charge in [-0.3, -0.25) is 14.5 Å². The second-order valence-corrected chi connectivity index (χ2v) is 7.29. The monoisotopic (exact) mass is 426 g/mol. The third-order valence-electron chi connectivity index (χ3n) is 3.87. The minimum Gasteiger partial charge on any atom is -0.466 e. The molecule has 0 radical (unpaired) electrons. The van der Waals surface area contributed by atoms with Crippen molar-refractivity contribution in [1.29, 1.82) is 0 Å². The number of hydrogen-bond acceptors (Lipinski definition) is 4. The highest BCUT2D eigenvalue weighted by molar-refractivity contribution is 6.50. The molecular formula is C16H18Cl4N2O3. The first-order valence-corrected chi connectivity index (χ1v) is 9.36. The molecule has 1 atom stereocenters. The molecule has 1 aliphatic rings. The van der Waals surface area contributed by atoms with Gasteiger partial charge >= 0.3 is 5.97 Å². The van der Waals surface area contributed by atoms with Crippen LogP contribution < -0.4 is 5.32 Å². The predicted molar refractivity (Wildman–Crippen MR) is 101 cm³/mol. The highest BCUT2D eigenvalue weighted by Crippen LogP contribution is 2.41. The average molecular weight is 428 g/mol. The van der Waals surface area contributed by atoms with Crippen LogP contribution in [0.15, 0.2) is 6.07 Å². The molecule has 5 nitrogen and oxygen atoms in total. The molecule has 0 bridgehead atoms. The van der Waals surface area contributed by atoms with Crippen LogP contribution in [-0.2, 0) is 14.3 Å². The third-order valence-corrected chi connectivity index (χ3v) is 5.44. The number of benzene rings is 1. The molecule has 1 aromatic carbocycles. The lowest BCUT2D eigenvalue weighted by Crippen LogP contribution is -2.43. The molecule has 0 aromatic heterocycles. The number of halogens is 4. The summed E-state index contributed by atoms with van der Waals surface area (Å²) in [6.07, 6.45) is 1.58. The minimum atomic E-state index is -0.313. The van der Waals surface area contributed by atoms with Crippen LogP contribution in [0.25, 0.3) is 0 Å². The van der Waals surface area contributed by atoms with Crippen LogP contribution in [0, 0.1) is 5.92 Å². The van der Waals surface area contributed by atoms with Gasteiger partial charge in [0.05, 0.1) is 44.8 Å². The molecule has 1 aliphatic heterocycles. The Morgan fingerprint density at radius 2 is 1.88 bits per heavy atom. The summed E-state index contributed by atoms with van der Waals surface area (Å²) in [5, 5.41) is 3.31. The number of likely N-dealkylation sites (tertiary alicyclic amines) is 1. The zero-order chi connectivity index (χ0) is 18.6. The molecule has 1 fully saturated rings. The van der Waals surface area contributed by atoms with Gasteiger partial charge in [-0.15, -0.1) is 0 Å². The average Bonchev–Trinajstić information content (AvgIpc) is 2.57. The van der Waals surface area contributed by atoms with E-state index in [-0.39, 0.29) is 50.1 Å². The van der Waals surface area contributed by atoms with Gasteiger partial charge in [-0.2, -0.15) is 0 Å². The first-order valence-electron chi connectivity index (χ1n) is 7.85. The van der Waals surface area contributed by atoms with E-state index < -0.39 is 0 Å². The first-order chi connectivity index (χ1) is 11.8. The van der Waals surface area contributed by atoms with E-state index in [4.69, 9.17) is 51.1 Å². The molecule has 1 aromatic rings. The number of ether oxygens (including phenoxy) is 1. The second-order valence-electron chi connectivity index (χ2n) is 5.72. The van der Waals surface area contributed by atoms with Gasteiger partial charge in [0, 0.05) is 6.54 Å². The summed E-state index contributed by atoms with van der Waals surface area (Å²) in [5.41, 5.74) is 0.185. The topological polar surface area (TPSA) is 58.6 Å². The zero-order valence-corrected chi connectivity index (χ0v) is 16.6. The SMILES string of the molecule is CCOC(=O)C1CCCN(CC(=O)Nc2c(Cl)c(Cl)cc(Cl)c2Cl)C1.